The van der Waals surface area contributed by atoms with Gasteiger partial charge in [0.2, 0.25) is 0 Å². The number of ether oxygens (including phenoxy) is 1. The number of nitrogens with zero attached hydrogens (tertiary/aromatic N) is 1. The van der Waals surface area contributed by atoms with Gasteiger partial charge in [0, 0.05) is 19.7 Å². The van der Waals surface area contributed by atoms with Crippen molar-refractivity contribution in [3.8, 4) is 5.75 Å². The van der Waals surface area contributed by atoms with E-state index in [1.54, 1.807) is 25.2 Å². The Hall–Kier alpha value is -2.63. The minimum absolute atomic E-state index is 0.232. The number of aliphatic imine (C=N–C) groups is 1. The summed E-state index contributed by atoms with van der Waals surface area (Å²) >= 11 is 0. The topological polar surface area (TPSA) is 45.7 Å². The quantitative estimate of drug-likeness (QED) is 0.465. The third kappa shape index (κ3) is 6.24. The summed E-state index contributed by atoms with van der Waals surface area (Å²) in [5, 5.41) is 6.24. The van der Waals surface area contributed by atoms with Crippen molar-refractivity contribution in [2.24, 2.45) is 4.99 Å². The van der Waals surface area contributed by atoms with Gasteiger partial charge in [-0.2, -0.15) is 0 Å². The smallest absolute Gasteiger partial charge is 0.191 e. The number of guanidine groups is 1. The van der Waals surface area contributed by atoms with Crippen LogP contribution < -0.4 is 15.4 Å². The van der Waals surface area contributed by atoms with Crippen molar-refractivity contribution in [3.63, 3.8) is 0 Å². The summed E-state index contributed by atoms with van der Waals surface area (Å²) in [5.41, 5.74) is 0.924. The number of benzene rings is 2. The van der Waals surface area contributed by atoms with E-state index in [1.165, 1.54) is 24.3 Å². The normalized spacial score (nSPS) is 11.2. The molecule has 0 aliphatic carbocycles. The van der Waals surface area contributed by atoms with Crippen LogP contribution >= 0.6 is 0 Å². The first kappa shape index (κ1) is 17.7. The molecule has 0 saturated carbocycles. The molecule has 2 aromatic rings. The number of halogens is 2. The van der Waals surface area contributed by atoms with Gasteiger partial charge in [-0.05, 0) is 36.2 Å². The average molecular weight is 333 g/mol. The van der Waals surface area contributed by atoms with Crippen LogP contribution in [0.5, 0.6) is 5.75 Å². The Kier molecular flexibility index (Phi) is 7.01. The maximum Gasteiger partial charge on any atom is 0.191 e. The SMILES string of the molecule is CN=C(NCCOc1cccc(F)c1)NCCc1cccc(F)c1. The van der Waals surface area contributed by atoms with Gasteiger partial charge in [0.25, 0.3) is 0 Å². The Morgan fingerprint density at radius 3 is 2.42 bits per heavy atom. The van der Waals surface area contributed by atoms with Crippen molar-refractivity contribution in [2.45, 2.75) is 6.42 Å². The van der Waals surface area contributed by atoms with E-state index in [9.17, 15) is 8.78 Å². The lowest BCUT2D eigenvalue weighted by Crippen LogP contribution is -2.40. The van der Waals surface area contributed by atoms with Crippen molar-refractivity contribution in [2.75, 3.05) is 26.7 Å². The van der Waals surface area contributed by atoms with Crippen molar-refractivity contribution in [1.82, 2.24) is 10.6 Å². The third-order valence-corrected chi connectivity index (χ3v) is 3.28. The lowest BCUT2D eigenvalue weighted by molar-refractivity contribution is 0.320. The molecule has 2 N–H and O–H groups in total. The molecule has 0 unspecified atom stereocenters. The number of nitrogens with one attached hydrogen (secondary N) is 2. The maximum absolute atomic E-state index is 13.1. The van der Waals surface area contributed by atoms with Gasteiger partial charge in [0.05, 0.1) is 6.54 Å². The zero-order valence-corrected chi connectivity index (χ0v) is 13.6. The molecule has 0 fully saturated rings. The Bertz CT molecular complexity index is 677. The van der Waals surface area contributed by atoms with Crippen LogP contribution in [0.2, 0.25) is 0 Å². The molecule has 6 heteroatoms. The molecule has 4 nitrogen and oxygen atoms in total. The molecule has 2 aromatic carbocycles. The first-order valence-corrected chi connectivity index (χ1v) is 7.74. The second-order valence-electron chi connectivity index (χ2n) is 5.11. The fraction of sp³-hybridized carbons (Fsp3) is 0.278. The van der Waals surface area contributed by atoms with E-state index in [-0.39, 0.29) is 11.6 Å². The van der Waals surface area contributed by atoms with Gasteiger partial charge in [-0.1, -0.05) is 18.2 Å². The summed E-state index contributed by atoms with van der Waals surface area (Å²) in [5.74, 6) is 0.569. The summed E-state index contributed by atoms with van der Waals surface area (Å²) in [6.07, 6.45) is 0.693. The molecule has 0 amide bonds. The second kappa shape index (κ2) is 9.50. The molecule has 0 aliphatic rings. The van der Waals surface area contributed by atoms with E-state index in [2.05, 4.69) is 15.6 Å². The lowest BCUT2D eigenvalue weighted by atomic mass is 10.1. The summed E-state index contributed by atoms with van der Waals surface area (Å²) in [6, 6.07) is 12.5. The number of hydrogen-bond acceptors (Lipinski definition) is 2. The van der Waals surface area contributed by atoms with Gasteiger partial charge in [-0.15, -0.1) is 0 Å². The Morgan fingerprint density at radius 1 is 1.00 bits per heavy atom. The van der Waals surface area contributed by atoms with Gasteiger partial charge in [-0.3, -0.25) is 4.99 Å². The Balaban J connectivity index is 1.65. The molecule has 128 valence electrons. The number of hydrogen-bond donors (Lipinski definition) is 2. The highest BCUT2D eigenvalue weighted by molar-refractivity contribution is 5.79. The molecule has 0 atom stereocenters. The highest BCUT2D eigenvalue weighted by Gasteiger charge is 2.00. The largest absolute Gasteiger partial charge is 0.492 e. The number of rotatable bonds is 7. The summed E-state index contributed by atoms with van der Waals surface area (Å²) in [6.45, 7) is 1.54. The Labute approximate surface area is 140 Å². The fourth-order valence-corrected chi connectivity index (χ4v) is 2.13. The predicted octanol–water partition coefficient (Wildman–Crippen LogP) is 2.75. The first-order valence-electron chi connectivity index (χ1n) is 7.74. The van der Waals surface area contributed by atoms with Crippen LogP contribution in [0.4, 0.5) is 8.78 Å². The molecule has 0 radical (unpaired) electrons. The Morgan fingerprint density at radius 2 is 1.71 bits per heavy atom. The highest BCUT2D eigenvalue weighted by Crippen LogP contribution is 2.11. The molecule has 0 bridgehead atoms. The van der Waals surface area contributed by atoms with Crippen LogP contribution in [0.3, 0.4) is 0 Å². The summed E-state index contributed by atoms with van der Waals surface area (Å²) in [4.78, 5) is 4.10. The van der Waals surface area contributed by atoms with E-state index >= 15 is 0 Å². The second-order valence-corrected chi connectivity index (χ2v) is 5.11. The summed E-state index contributed by atoms with van der Waals surface area (Å²) in [7, 11) is 1.67. The van der Waals surface area contributed by atoms with E-state index in [4.69, 9.17) is 4.74 Å². The third-order valence-electron chi connectivity index (χ3n) is 3.28. The standard InChI is InChI=1S/C18H21F2N3O/c1-21-18(22-9-8-14-4-2-5-15(19)12-14)23-10-11-24-17-7-3-6-16(20)13-17/h2-7,12-13H,8-11H2,1H3,(H2,21,22,23). The highest BCUT2D eigenvalue weighted by atomic mass is 19.1. The van der Waals surface area contributed by atoms with E-state index in [1.807, 2.05) is 6.07 Å². The van der Waals surface area contributed by atoms with E-state index in [0.29, 0.717) is 37.8 Å². The van der Waals surface area contributed by atoms with E-state index < -0.39 is 0 Å². The summed E-state index contributed by atoms with van der Waals surface area (Å²) < 4.78 is 31.6. The van der Waals surface area contributed by atoms with Crippen molar-refractivity contribution in [3.05, 3.63) is 65.7 Å². The molecule has 24 heavy (non-hydrogen) atoms. The van der Waals surface area contributed by atoms with Crippen LogP contribution in [-0.2, 0) is 6.42 Å². The molecular formula is C18H21F2N3O. The van der Waals surface area contributed by atoms with Gasteiger partial charge in [0.1, 0.15) is 24.0 Å². The van der Waals surface area contributed by atoms with Crippen LogP contribution in [0.15, 0.2) is 53.5 Å². The van der Waals surface area contributed by atoms with Gasteiger partial charge in [-0.25, -0.2) is 8.78 Å². The van der Waals surface area contributed by atoms with Crippen LogP contribution in [0.25, 0.3) is 0 Å². The van der Waals surface area contributed by atoms with E-state index in [0.717, 1.165) is 5.56 Å². The first-order chi connectivity index (χ1) is 11.7. The van der Waals surface area contributed by atoms with Crippen LogP contribution in [-0.4, -0.2) is 32.7 Å². The molecule has 0 aromatic heterocycles. The average Bonchev–Trinajstić information content (AvgIpc) is 2.57. The van der Waals surface area contributed by atoms with Gasteiger partial charge in [0.15, 0.2) is 5.96 Å². The minimum atomic E-state index is -0.324. The van der Waals surface area contributed by atoms with Crippen molar-refractivity contribution in [1.29, 1.82) is 0 Å². The minimum Gasteiger partial charge on any atom is -0.492 e. The zero-order valence-electron chi connectivity index (χ0n) is 13.6. The lowest BCUT2D eigenvalue weighted by Gasteiger charge is -2.12. The van der Waals surface area contributed by atoms with Crippen LogP contribution in [0, 0.1) is 11.6 Å². The van der Waals surface area contributed by atoms with Crippen molar-refractivity contribution >= 4 is 5.96 Å². The molecule has 0 aliphatic heterocycles. The fourth-order valence-electron chi connectivity index (χ4n) is 2.13. The molecule has 2 rings (SSSR count). The predicted molar refractivity (Wildman–Crippen MR) is 91.4 cm³/mol. The van der Waals surface area contributed by atoms with Gasteiger partial charge < -0.3 is 15.4 Å². The molecule has 0 heterocycles. The van der Waals surface area contributed by atoms with Crippen LogP contribution in [0.1, 0.15) is 5.56 Å². The molecule has 0 saturated heterocycles. The van der Waals surface area contributed by atoms with Gasteiger partial charge >= 0.3 is 0 Å². The molecule has 0 spiro atoms. The molecular weight excluding hydrogens is 312 g/mol. The monoisotopic (exact) mass is 333 g/mol. The zero-order chi connectivity index (χ0) is 17.2. The van der Waals surface area contributed by atoms with Crippen molar-refractivity contribution < 1.29 is 13.5 Å². The maximum atomic E-state index is 13.1.